The van der Waals surface area contributed by atoms with Gasteiger partial charge >= 0.3 is 5.97 Å². The minimum Gasteiger partial charge on any atom is -0.464 e. The van der Waals surface area contributed by atoms with Crippen LogP contribution >= 0.6 is 15.9 Å². The molecule has 0 radical (unpaired) electrons. The van der Waals surface area contributed by atoms with Crippen LogP contribution in [-0.2, 0) is 9.53 Å². The summed E-state index contributed by atoms with van der Waals surface area (Å²) in [6.07, 6.45) is 2.67. The van der Waals surface area contributed by atoms with Crippen LogP contribution < -0.4 is 0 Å². The summed E-state index contributed by atoms with van der Waals surface area (Å²) in [4.78, 5) is 11.9. The number of halogens is 1. The third-order valence-corrected chi connectivity index (χ3v) is 3.46. The van der Waals surface area contributed by atoms with Crippen LogP contribution in [0.1, 0.15) is 26.3 Å². The Balaban J connectivity index is 2.42. The zero-order valence-corrected chi connectivity index (χ0v) is 12.1. The quantitative estimate of drug-likeness (QED) is 0.802. The average Bonchev–Trinajstić information content (AvgIpc) is 2.73. The van der Waals surface area contributed by atoms with Crippen molar-refractivity contribution in [3.8, 4) is 0 Å². The first-order chi connectivity index (χ1) is 8.67. The minimum absolute atomic E-state index is 0.166. The Hall–Kier alpha value is -1.29. The number of nitrogens with zero attached hydrogens (tertiary/aromatic N) is 1. The van der Waals surface area contributed by atoms with E-state index < -0.39 is 0 Å². The van der Waals surface area contributed by atoms with E-state index in [2.05, 4.69) is 15.9 Å². The lowest BCUT2D eigenvalue weighted by molar-refractivity contribution is -0.147. The minimum atomic E-state index is -0.247. The fraction of sp³-hybridized carbons (Fsp3) is 0.357. The second kappa shape index (κ2) is 5.57. The number of rotatable bonds is 4. The molecule has 4 heteroatoms. The number of aromatic nitrogens is 1. The second-order valence-corrected chi connectivity index (χ2v) is 5.02. The smallest absolute Gasteiger partial charge is 0.329 e. The molecule has 1 atom stereocenters. The van der Waals surface area contributed by atoms with E-state index in [9.17, 15) is 4.79 Å². The van der Waals surface area contributed by atoms with Crippen LogP contribution in [0, 0.1) is 0 Å². The van der Waals surface area contributed by atoms with Gasteiger partial charge in [0.05, 0.1) is 6.61 Å². The Morgan fingerprint density at radius 1 is 1.39 bits per heavy atom. The molecule has 0 bridgehead atoms. The van der Waals surface area contributed by atoms with E-state index >= 15 is 0 Å². The van der Waals surface area contributed by atoms with Gasteiger partial charge in [-0.05, 0) is 37.6 Å². The number of carbonyl (C=O) groups is 1. The summed E-state index contributed by atoms with van der Waals surface area (Å²) in [7, 11) is 0. The van der Waals surface area contributed by atoms with Crippen molar-refractivity contribution in [1.29, 1.82) is 0 Å². The highest BCUT2D eigenvalue weighted by atomic mass is 79.9. The van der Waals surface area contributed by atoms with Crippen LogP contribution in [0.2, 0.25) is 0 Å². The lowest BCUT2D eigenvalue weighted by atomic mass is 10.2. The van der Waals surface area contributed by atoms with Crippen molar-refractivity contribution < 1.29 is 9.53 Å². The number of hydrogen-bond acceptors (Lipinski definition) is 2. The number of hydrogen-bond donors (Lipinski definition) is 0. The Morgan fingerprint density at radius 2 is 2.17 bits per heavy atom. The molecular weight excluding hydrogens is 294 g/mol. The molecule has 1 unspecified atom stereocenters. The van der Waals surface area contributed by atoms with Crippen LogP contribution in [-0.4, -0.2) is 17.1 Å². The van der Waals surface area contributed by atoms with Gasteiger partial charge in [-0.15, -0.1) is 0 Å². The summed E-state index contributed by atoms with van der Waals surface area (Å²) >= 11 is 3.45. The molecule has 2 aromatic rings. The summed E-state index contributed by atoms with van der Waals surface area (Å²) in [5.74, 6) is -0.166. The zero-order valence-electron chi connectivity index (χ0n) is 10.5. The number of fused-ring (bicyclic) bond motifs is 1. The number of ether oxygens (including phenoxy) is 1. The summed E-state index contributed by atoms with van der Waals surface area (Å²) in [6.45, 7) is 4.24. The van der Waals surface area contributed by atoms with Crippen LogP contribution in [0.15, 0.2) is 34.9 Å². The van der Waals surface area contributed by atoms with Gasteiger partial charge in [-0.3, -0.25) is 0 Å². The maximum Gasteiger partial charge on any atom is 0.329 e. The van der Waals surface area contributed by atoms with E-state index in [-0.39, 0.29) is 12.0 Å². The predicted molar refractivity (Wildman–Crippen MR) is 75.6 cm³/mol. The van der Waals surface area contributed by atoms with Crippen molar-refractivity contribution in [2.45, 2.75) is 26.3 Å². The second-order valence-electron chi connectivity index (χ2n) is 4.10. The largest absolute Gasteiger partial charge is 0.464 e. The monoisotopic (exact) mass is 309 g/mol. The fourth-order valence-electron chi connectivity index (χ4n) is 2.12. The molecule has 1 aromatic carbocycles. The summed E-state index contributed by atoms with van der Waals surface area (Å²) < 4.78 is 8.15. The topological polar surface area (TPSA) is 31.2 Å². The maximum absolute atomic E-state index is 11.9. The molecule has 3 nitrogen and oxygen atoms in total. The van der Waals surface area contributed by atoms with Crippen LogP contribution in [0.5, 0.6) is 0 Å². The van der Waals surface area contributed by atoms with Gasteiger partial charge in [0.1, 0.15) is 6.04 Å². The highest BCUT2D eigenvalue weighted by Crippen LogP contribution is 2.25. The summed E-state index contributed by atoms with van der Waals surface area (Å²) in [5, 5.41) is 1.12. The number of benzene rings is 1. The molecule has 18 heavy (non-hydrogen) atoms. The highest BCUT2D eigenvalue weighted by molar-refractivity contribution is 9.10. The van der Waals surface area contributed by atoms with Crippen LogP contribution in [0.3, 0.4) is 0 Å². The van der Waals surface area contributed by atoms with Crippen LogP contribution in [0.25, 0.3) is 10.9 Å². The Morgan fingerprint density at radius 3 is 2.83 bits per heavy atom. The molecule has 0 aliphatic heterocycles. The Bertz CT molecular complexity index is 562. The number of esters is 1. The molecule has 0 N–H and O–H groups in total. The van der Waals surface area contributed by atoms with Gasteiger partial charge in [0.25, 0.3) is 0 Å². The molecule has 0 aliphatic rings. The van der Waals surface area contributed by atoms with E-state index in [0.717, 1.165) is 21.8 Å². The van der Waals surface area contributed by atoms with Gasteiger partial charge in [0.15, 0.2) is 0 Å². The van der Waals surface area contributed by atoms with Crippen molar-refractivity contribution in [2.24, 2.45) is 0 Å². The SMILES string of the molecule is CCOC(=O)C(CC)n1ccc2cc(Br)ccc21. The molecule has 0 fully saturated rings. The van der Waals surface area contributed by atoms with E-state index in [4.69, 9.17) is 4.74 Å². The predicted octanol–water partition coefficient (Wildman–Crippen LogP) is 3.92. The van der Waals surface area contributed by atoms with E-state index in [1.807, 2.05) is 48.9 Å². The first-order valence-corrected chi connectivity index (χ1v) is 6.89. The lowest BCUT2D eigenvalue weighted by Gasteiger charge is -2.16. The van der Waals surface area contributed by atoms with Crippen molar-refractivity contribution in [1.82, 2.24) is 4.57 Å². The van der Waals surface area contributed by atoms with Crippen LogP contribution in [0.4, 0.5) is 0 Å². The lowest BCUT2D eigenvalue weighted by Crippen LogP contribution is -2.20. The third kappa shape index (κ3) is 2.43. The molecule has 0 saturated heterocycles. The fourth-order valence-corrected chi connectivity index (χ4v) is 2.50. The molecule has 1 heterocycles. The van der Waals surface area contributed by atoms with Crippen molar-refractivity contribution in [3.05, 3.63) is 34.9 Å². The molecule has 0 spiro atoms. The molecule has 1 aromatic heterocycles. The Kier molecular flexibility index (Phi) is 4.07. The van der Waals surface area contributed by atoms with E-state index in [1.165, 1.54) is 0 Å². The molecule has 0 amide bonds. The summed E-state index contributed by atoms with van der Waals surface area (Å²) in [5.41, 5.74) is 1.05. The third-order valence-electron chi connectivity index (χ3n) is 2.96. The van der Waals surface area contributed by atoms with Gasteiger partial charge in [-0.2, -0.15) is 0 Å². The van der Waals surface area contributed by atoms with Crippen molar-refractivity contribution >= 4 is 32.8 Å². The molecule has 0 aliphatic carbocycles. The normalized spacial score (nSPS) is 12.6. The van der Waals surface area contributed by atoms with E-state index in [0.29, 0.717) is 6.61 Å². The van der Waals surface area contributed by atoms with Gasteiger partial charge in [-0.1, -0.05) is 22.9 Å². The van der Waals surface area contributed by atoms with Gasteiger partial charge < -0.3 is 9.30 Å². The average molecular weight is 310 g/mol. The summed E-state index contributed by atoms with van der Waals surface area (Å²) in [6, 6.07) is 7.81. The highest BCUT2D eigenvalue weighted by Gasteiger charge is 2.20. The van der Waals surface area contributed by atoms with Gasteiger partial charge in [-0.25, -0.2) is 4.79 Å². The standard InChI is InChI=1S/C14H16BrNO2/c1-3-12(14(17)18-4-2)16-8-7-10-9-11(15)5-6-13(10)16/h5-9,12H,3-4H2,1-2H3. The molecular formula is C14H16BrNO2. The van der Waals surface area contributed by atoms with Crippen molar-refractivity contribution in [2.75, 3.05) is 6.61 Å². The molecule has 0 saturated carbocycles. The first kappa shape index (κ1) is 13.1. The van der Waals surface area contributed by atoms with E-state index in [1.54, 1.807) is 0 Å². The molecule has 96 valence electrons. The van der Waals surface area contributed by atoms with Gasteiger partial charge in [0.2, 0.25) is 0 Å². The first-order valence-electron chi connectivity index (χ1n) is 6.10. The number of carbonyl (C=O) groups excluding carboxylic acids is 1. The maximum atomic E-state index is 11.9. The van der Waals surface area contributed by atoms with Gasteiger partial charge in [0, 0.05) is 21.6 Å². The zero-order chi connectivity index (χ0) is 13.1. The van der Waals surface area contributed by atoms with Crippen molar-refractivity contribution in [3.63, 3.8) is 0 Å². The molecule has 2 rings (SSSR count). The Labute approximate surface area is 115 Å².